The SMILES string of the molecule is O=c1[nH]c(-c2cccc3ccccc23)cc2ccc(N3CCC(O)CC3)cc12. The Labute approximate surface area is 163 Å². The number of aromatic nitrogens is 1. The third-order valence-corrected chi connectivity index (χ3v) is 5.74. The second kappa shape index (κ2) is 6.80. The van der Waals surface area contributed by atoms with Crippen molar-refractivity contribution in [2.45, 2.75) is 18.9 Å². The van der Waals surface area contributed by atoms with Crippen molar-refractivity contribution in [2.75, 3.05) is 18.0 Å². The van der Waals surface area contributed by atoms with Gasteiger partial charge in [-0.1, -0.05) is 48.5 Å². The van der Waals surface area contributed by atoms with Gasteiger partial charge in [0.25, 0.3) is 5.56 Å². The van der Waals surface area contributed by atoms with Crippen LogP contribution < -0.4 is 10.5 Å². The molecule has 0 spiro atoms. The molecule has 1 aromatic heterocycles. The monoisotopic (exact) mass is 370 g/mol. The third-order valence-electron chi connectivity index (χ3n) is 5.74. The molecule has 0 radical (unpaired) electrons. The number of aromatic amines is 1. The molecule has 1 fully saturated rings. The summed E-state index contributed by atoms with van der Waals surface area (Å²) in [4.78, 5) is 18.2. The predicted octanol–water partition coefficient (Wildman–Crippen LogP) is 4.31. The molecule has 0 bridgehead atoms. The average molecular weight is 370 g/mol. The van der Waals surface area contributed by atoms with Crippen LogP contribution in [0.25, 0.3) is 32.8 Å². The summed E-state index contributed by atoms with van der Waals surface area (Å²) in [5, 5.41) is 13.6. The maximum atomic E-state index is 12.9. The van der Waals surface area contributed by atoms with E-state index in [9.17, 15) is 9.90 Å². The lowest BCUT2D eigenvalue weighted by molar-refractivity contribution is 0.145. The Balaban J connectivity index is 1.60. The lowest BCUT2D eigenvalue weighted by Crippen LogP contribution is -2.35. The van der Waals surface area contributed by atoms with E-state index in [1.165, 1.54) is 0 Å². The molecule has 4 heteroatoms. The lowest BCUT2D eigenvalue weighted by atomic mass is 10.00. The van der Waals surface area contributed by atoms with Crippen LogP contribution in [0.3, 0.4) is 0 Å². The highest BCUT2D eigenvalue weighted by molar-refractivity contribution is 5.98. The Morgan fingerprint density at radius 3 is 2.50 bits per heavy atom. The number of fused-ring (bicyclic) bond motifs is 2. The van der Waals surface area contributed by atoms with Crippen LogP contribution >= 0.6 is 0 Å². The maximum Gasteiger partial charge on any atom is 0.256 e. The summed E-state index contributed by atoms with van der Waals surface area (Å²) in [6.07, 6.45) is 1.34. The minimum atomic E-state index is -0.205. The van der Waals surface area contributed by atoms with E-state index in [4.69, 9.17) is 0 Å². The quantitative estimate of drug-likeness (QED) is 0.553. The van der Waals surface area contributed by atoms with Crippen LogP contribution in [0.1, 0.15) is 12.8 Å². The van der Waals surface area contributed by atoms with Gasteiger partial charge in [-0.25, -0.2) is 0 Å². The van der Waals surface area contributed by atoms with Gasteiger partial charge in [-0.15, -0.1) is 0 Å². The van der Waals surface area contributed by atoms with Crippen LogP contribution in [0, 0.1) is 0 Å². The summed E-state index contributed by atoms with van der Waals surface area (Å²) in [6.45, 7) is 1.64. The summed E-state index contributed by atoms with van der Waals surface area (Å²) in [5.74, 6) is 0. The molecule has 0 aliphatic carbocycles. The highest BCUT2D eigenvalue weighted by atomic mass is 16.3. The molecule has 3 aromatic carbocycles. The molecule has 0 saturated carbocycles. The van der Waals surface area contributed by atoms with Gasteiger partial charge in [-0.3, -0.25) is 4.79 Å². The number of benzene rings is 3. The van der Waals surface area contributed by atoms with E-state index in [2.05, 4.69) is 40.2 Å². The van der Waals surface area contributed by atoms with Gasteiger partial charge in [-0.2, -0.15) is 0 Å². The first-order valence-electron chi connectivity index (χ1n) is 9.77. The number of hydrogen-bond acceptors (Lipinski definition) is 3. The zero-order valence-electron chi connectivity index (χ0n) is 15.6. The first-order valence-corrected chi connectivity index (χ1v) is 9.77. The van der Waals surface area contributed by atoms with Crippen molar-refractivity contribution in [2.24, 2.45) is 0 Å². The summed E-state index contributed by atoms with van der Waals surface area (Å²) in [7, 11) is 0. The minimum Gasteiger partial charge on any atom is -0.393 e. The number of H-pyrrole nitrogens is 1. The molecular weight excluding hydrogens is 348 g/mol. The summed E-state index contributed by atoms with van der Waals surface area (Å²) in [6, 6.07) is 22.5. The molecule has 4 aromatic rings. The number of rotatable bonds is 2. The number of aliphatic hydroxyl groups is 1. The van der Waals surface area contributed by atoms with Gasteiger partial charge in [0.15, 0.2) is 0 Å². The number of piperidine rings is 1. The molecule has 1 aliphatic heterocycles. The molecular formula is C24H22N2O2. The molecule has 0 amide bonds. The molecule has 4 nitrogen and oxygen atoms in total. The van der Waals surface area contributed by atoms with Gasteiger partial charge < -0.3 is 15.0 Å². The van der Waals surface area contributed by atoms with E-state index >= 15 is 0 Å². The van der Waals surface area contributed by atoms with Crippen molar-refractivity contribution in [3.63, 3.8) is 0 Å². The normalized spacial score (nSPS) is 15.4. The van der Waals surface area contributed by atoms with Gasteiger partial charge in [0.1, 0.15) is 0 Å². The van der Waals surface area contributed by atoms with Crippen molar-refractivity contribution in [1.29, 1.82) is 0 Å². The van der Waals surface area contributed by atoms with E-state index in [-0.39, 0.29) is 11.7 Å². The number of nitrogens with one attached hydrogen (secondary N) is 1. The van der Waals surface area contributed by atoms with Crippen LogP contribution in [0.5, 0.6) is 0 Å². The summed E-state index contributed by atoms with van der Waals surface area (Å²) >= 11 is 0. The van der Waals surface area contributed by atoms with Crippen molar-refractivity contribution in [3.8, 4) is 11.3 Å². The second-order valence-electron chi connectivity index (χ2n) is 7.53. The number of aliphatic hydroxyl groups excluding tert-OH is 1. The molecule has 0 unspecified atom stereocenters. The van der Waals surface area contributed by atoms with Crippen LogP contribution in [0.15, 0.2) is 71.5 Å². The second-order valence-corrected chi connectivity index (χ2v) is 7.53. The van der Waals surface area contributed by atoms with E-state index in [0.717, 1.165) is 59.0 Å². The van der Waals surface area contributed by atoms with Gasteiger partial charge in [0, 0.05) is 35.4 Å². The van der Waals surface area contributed by atoms with Gasteiger partial charge in [0.05, 0.1) is 6.10 Å². The summed E-state index contributed by atoms with van der Waals surface area (Å²) < 4.78 is 0. The predicted molar refractivity (Wildman–Crippen MR) is 115 cm³/mol. The number of nitrogens with zero attached hydrogens (tertiary/aromatic N) is 1. The molecule has 2 heterocycles. The number of hydrogen-bond donors (Lipinski definition) is 2. The first-order chi connectivity index (χ1) is 13.7. The van der Waals surface area contributed by atoms with E-state index in [1.54, 1.807) is 0 Å². The number of anilines is 1. The van der Waals surface area contributed by atoms with Crippen molar-refractivity contribution in [1.82, 2.24) is 4.98 Å². The highest BCUT2D eigenvalue weighted by Crippen LogP contribution is 2.29. The smallest absolute Gasteiger partial charge is 0.256 e. The summed E-state index contributed by atoms with van der Waals surface area (Å²) in [5.41, 5.74) is 2.84. The van der Waals surface area contributed by atoms with E-state index < -0.39 is 0 Å². The van der Waals surface area contributed by atoms with Crippen LogP contribution in [0.2, 0.25) is 0 Å². The first kappa shape index (κ1) is 17.0. The Morgan fingerprint density at radius 2 is 1.64 bits per heavy atom. The van der Waals surface area contributed by atoms with Gasteiger partial charge in [-0.05, 0) is 47.2 Å². The van der Waals surface area contributed by atoms with Gasteiger partial charge in [0.2, 0.25) is 0 Å². The van der Waals surface area contributed by atoms with Crippen LogP contribution in [-0.2, 0) is 0 Å². The Hall–Kier alpha value is -3.11. The molecule has 2 N–H and O–H groups in total. The van der Waals surface area contributed by atoms with Crippen molar-refractivity contribution < 1.29 is 5.11 Å². The fraction of sp³-hybridized carbons (Fsp3) is 0.208. The van der Waals surface area contributed by atoms with Crippen LogP contribution in [0.4, 0.5) is 5.69 Å². The lowest BCUT2D eigenvalue weighted by Gasteiger charge is -2.31. The topological polar surface area (TPSA) is 56.3 Å². The number of pyridine rings is 1. The Kier molecular flexibility index (Phi) is 4.14. The largest absolute Gasteiger partial charge is 0.393 e. The Bertz CT molecular complexity index is 1210. The zero-order chi connectivity index (χ0) is 19.1. The molecule has 0 atom stereocenters. The fourth-order valence-corrected chi connectivity index (χ4v) is 4.17. The van der Waals surface area contributed by atoms with Crippen molar-refractivity contribution in [3.05, 3.63) is 77.1 Å². The standard InChI is InChI=1S/C24H22N2O2/c27-19-10-12-26(13-11-19)18-9-8-17-14-23(25-24(28)22(17)15-18)21-7-3-5-16-4-1-2-6-20(16)21/h1-9,14-15,19,27H,10-13H2,(H,25,28). The van der Waals surface area contributed by atoms with E-state index in [0.29, 0.717) is 5.39 Å². The molecule has 1 saturated heterocycles. The molecule has 140 valence electrons. The average Bonchev–Trinajstić information content (AvgIpc) is 2.73. The third kappa shape index (κ3) is 2.96. The van der Waals surface area contributed by atoms with Crippen molar-refractivity contribution >= 4 is 27.2 Å². The van der Waals surface area contributed by atoms with Gasteiger partial charge >= 0.3 is 0 Å². The van der Waals surface area contributed by atoms with Crippen LogP contribution in [-0.4, -0.2) is 29.3 Å². The zero-order valence-corrected chi connectivity index (χ0v) is 15.6. The highest BCUT2D eigenvalue weighted by Gasteiger charge is 2.18. The van der Waals surface area contributed by atoms with E-state index in [1.807, 2.05) is 36.4 Å². The molecule has 1 aliphatic rings. The Morgan fingerprint density at radius 1 is 0.857 bits per heavy atom. The minimum absolute atomic E-state index is 0.0701. The fourth-order valence-electron chi connectivity index (χ4n) is 4.17. The molecule has 5 rings (SSSR count). The maximum absolute atomic E-state index is 12.9. The molecule has 28 heavy (non-hydrogen) atoms.